The van der Waals surface area contributed by atoms with Crippen LogP contribution >= 0.6 is 0 Å². The Hall–Kier alpha value is -2.03. The fourth-order valence-corrected chi connectivity index (χ4v) is 2.14. The fourth-order valence-electron chi connectivity index (χ4n) is 2.14. The minimum Gasteiger partial charge on any atom is -0.465 e. The number of hydrogen-bond acceptors (Lipinski definition) is 3. The molecule has 1 heterocycles. The molecule has 2 rings (SSSR count). The number of aryl methyl sites for hydroxylation is 1. The molecule has 0 bridgehead atoms. The summed E-state index contributed by atoms with van der Waals surface area (Å²) in [5, 5.41) is 0.629. The van der Waals surface area contributed by atoms with Crippen molar-refractivity contribution in [1.29, 1.82) is 0 Å². The third kappa shape index (κ3) is 2.93. The Morgan fingerprint density at radius 1 is 1.40 bits per heavy atom. The van der Waals surface area contributed by atoms with Gasteiger partial charge in [0.15, 0.2) is 5.43 Å². The molecule has 20 heavy (non-hydrogen) atoms. The van der Waals surface area contributed by atoms with E-state index in [4.69, 9.17) is 9.15 Å². The van der Waals surface area contributed by atoms with Crippen LogP contribution in [-0.4, -0.2) is 6.61 Å². The second-order valence-corrected chi connectivity index (χ2v) is 4.87. The molecule has 0 saturated carbocycles. The fraction of sp³-hybridized carbons (Fsp3) is 0.353. The third-order valence-electron chi connectivity index (χ3n) is 3.16. The zero-order valence-corrected chi connectivity index (χ0v) is 12.1. The molecule has 1 aromatic heterocycles. The molecular weight excluding hydrogens is 252 g/mol. The van der Waals surface area contributed by atoms with Crippen molar-refractivity contribution in [3.63, 3.8) is 0 Å². The van der Waals surface area contributed by atoms with Crippen molar-refractivity contribution in [1.82, 2.24) is 0 Å². The van der Waals surface area contributed by atoms with Crippen LogP contribution in [0.3, 0.4) is 0 Å². The van der Waals surface area contributed by atoms with Crippen molar-refractivity contribution in [2.24, 2.45) is 0 Å². The second-order valence-electron chi connectivity index (χ2n) is 4.87. The molecule has 3 nitrogen and oxygen atoms in total. The SMILES string of the molecule is C=CCCOc1oc2ccc(C)cc2c(=O)c1CCC. The lowest BCUT2D eigenvalue weighted by Gasteiger charge is -2.10. The van der Waals surface area contributed by atoms with Crippen molar-refractivity contribution in [3.8, 4) is 5.95 Å². The van der Waals surface area contributed by atoms with Crippen molar-refractivity contribution in [3.05, 3.63) is 52.2 Å². The Kier molecular flexibility index (Phi) is 4.61. The highest BCUT2D eigenvalue weighted by molar-refractivity contribution is 5.78. The van der Waals surface area contributed by atoms with Gasteiger partial charge in [0.1, 0.15) is 5.58 Å². The summed E-state index contributed by atoms with van der Waals surface area (Å²) in [6, 6.07) is 5.62. The molecule has 1 aromatic carbocycles. The summed E-state index contributed by atoms with van der Waals surface area (Å²) in [6.45, 7) is 8.13. The number of benzene rings is 1. The maximum Gasteiger partial charge on any atom is 0.292 e. The molecule has 0 amide bonds. The monoisotopic (exact) mass is 272 g/mol. The summed E-state index contributed by atoms with van der Waals surface area (Å²) < 4.78 is 11.4. The molecule has 0 saturated heterocycles. The van der Waals surface area contributed by atoms with Crippen LogP contribution in [0, 0.1) is 6.92 Å². The highest BCUT2D eigenvalue weighted by Crippen LogP contribution is 2.24. The van der Waals surface area contributed by atoms with Gasteiger partial charge in [-0.1, -0.05) is 31.1 Å². The molecule has 0 N–H and O–H groups in total. The van der Waals surface area contributed by atoms with E-state index >= 15 is 0 Å². The predicted molar refractivity (Wildman–Crippen MR) is 81.5 cm³/mol. The average Bonchev–Trinajstić information content (AvgIpc) is 2.44. The molecule has 0 radical (unpaired) electrons. The number of hydrogen-bond donors (Lipinski definition) is 0. The van der Waals surface area contributed by atoms with E-state index in [1.54, 1.807) is 6.08 Å². The summed E-state index contributed by atoms with van der Waals surface area (Å²) in [5.41, 5.74) is 2.28. The molecule has 0 aliphatic rings. The van der Waals surface area contributed by atoms with Gasteiger partial charge in [0.05, 0.1) is 17.6 Å². The van der Waals surface area contributed by atoms with E-state index in [-0.39, 0.29) is 5.43 Å². The topological polar surface area (TPSA) is 39.4 Å². The first-order chi connectivity index (χ1) is 9.67. The Morgan fingerprint density at radius 3 is 2.90 bits per heavy atom. The smallest absolute Gasteiger partial charge is 0.292 e. The second kappa shape index (κ2) is 6.42. The predicted octanol–water partition coefficient (Wildman–Crippen LogP) is 4.01. The average molecular weight is 272 g/mol. The van der Waals surface area contributed by atoms with Gasteiger partial charge < -0.3 is 9.15 Å². The minimum absolute atomic E-state index is 0.0189. The van der Waals surface area contributed by atoms with Gasteiger partial charge in [0.2, 0.25) is 0 Å². The Balaban J connectivity index is 2.54. The van der Waals surface area contributed by atoms with E-state index in [1.807, 2.05) is 32.0 Å². The first-order valence-corrected chi connectivity index (χ1v) is 6.97. The summed E-state index contributed by atoms with van der Waals surface area (Å²) >= 11 is 0. The van der Waals surface area contributed by atoms with Crippen LogP contribution in [0.2, 0.25) is 0 Å². The molecular formula is C17H20O3. The summed E-state index contributed by atoms with van der Waals surface area (Å²) in [5.74, 6) is 0.357. The van der Waals surface area contributed by atoms with Crippen LogP contribution in [0.1, 0.15) is 30.9 Å². The standard InChI is InChI=1S/C17H20O3/c1-4-6-10-19-17-13(7-5-2)16(18)14-11-12(3)8-9-15(14)20-17/h4,8-9,11H,1,5-7,10H2,2-3H3. The van der Waals surface area contributed by atoms with E-state index in [9.17, 15) is 4.79 Å². The largest absolute Gasteiger partial charge is 0.465 e. The molecule has 0 fully saturated rings. The Morgan fingerprint density at radius 2 is 2.20 bits per heavy atom. The molecule has 0 atom stereocenters. The van der Waals surface area contributed by atoms with Crippen LogP contribution in [0.15, 0.2) is 40.1 Å². The number of fused-ring (bicyclic) bond motifs is 1. The van der Waals surface area contributed by atoms with Crippen LogP contribution in [0.25, 0.3) is 11.0 Å². The molecule has 0 aliphatic heterocycles. The number of rotatable bonds is 6. The maximum atomic E-state index is 12.6. The summed E-state index contributed by atoms with van der Waals surface area (Å²) in [4.78, 5) is 12.6. The van der Waals surface area contributed by atoms with Crippen LogP contribution < -0.4 is 10.2 Å². The lowest BCUT2D eigenvalue weighted by molar-refractivity contribution is 0.246. The Labute approximate surface area is 118 Å². The minimum atomic E-state index is 0.0189. The van der Waals surface area contributed by atoms with Crippen molar-refractivity contribution < 1.29 is 9.15 Å². The van der Waals surface area contributed by atoms with Gasteiger partial charge in [-0.05, 0) is 31.9 Å². The van der Waals surface area contributed by atoms with Gasteiger partial charge in [-0.25, -0.2) is 0 Å². The van der Waals surface area contributed by atoms with Gasteiger partial charge in [-0.15, -0.1) is 6.58 Å². The Bertz CT molecular complexity index is 668. The molecule has 106 valence electrons. The van der Waals surface area contributed by atoms with E-state index in [0.29, 0.717) is 35.5 Å². The molecule has 2 aromatic rings. The lowest BCUT2D eigenvalue weighted by Crippen LogP contribution is -2.12. The molecule has 0 spiro atoms. The van der Waals surface area contributed by atoms with Crippen LogP contribution in [0.4, 0.5) is 0 Å². The first-order valence-electron chi connectivity index (χ1n) is 6.97. The zero-order chi connectivity index (χ0) is 14.5. The van der Waals surface area contributed by atoms with Gasteiger partial charge in [-0.3, -0.25) is 4.79 Å². The van der Waals surface area contributed by atoms with Crippen molar-refractivity contribution in [2.75, 3.05) is 6.61 Å². The first kappa shape index (κ1) is 14.4. The number of ether oxygens (including phenoxy) is 1. The van der Waals surface area contributed by atoms with Gasteiger partial charge >= 0.3 is 0 Å². The normalized spacial score (nSPS) is 10.7. The molecule has 3 heteroatoms. The van der Waals surface area contributed by atoms with E-state index in [2.05, 4.69) is 6.58 Å². The van der Waals surface area contributed by atoms with Gasteiger partial charge in [0, 0.05) is 0 Å². The molecule has 0 aliphatic carbocycles. The van der Waals surface area contributed by atoms with Gasteiger partial charge in [0.25, 0.3) is 5.95 Å². The van der Waals surface area contributed by atoms with Crippen LogP contribution in [-0.2, 0) is 6.42 Å². The lowest BCUT2D eigenvalue weighted by atomic mass is 10.1. The molecule has 0 unspecified atom stereocenters. The van der Waals surface area contributed by atoms with Crippen molar-refractivity contribution >= 4 is 11.0 Å². The van der Waals surface area contributed by atoms with Crippen LogP contribution in [0.5, 0.6) is 5.95 Å². The van der Waals surface area contributed by atoms with Gasteiger partial charge in [-0.2, -0.15) is 0 Å². The quantitative estimate of drug-likeness (QED) is 0.589. The highest BCUT2D eigenvalue weighted by Gasteiger charge is 2.15. The van der Waals surface area contributed by atoms with Crippen molar-refractivity contribution in [2.45, 2.75) is 33.1 Å². The summed E-state index contributed by atoms with van der Waals surface area (Å²) in [6.07, 6.45) is 4.04. The van der Waals surface area contributed by atoms with E-state index in [0.717, 1.165) is 18.4 Å². The third-order valence-corrected chi connectivity index (χ3v) is 3.16. The zero-order valence-electron chi connectivity index (χ0n) is 12.1. The van der Waals surface area contributed by atoms with E-state index < -0.39 is 0 Å². The maximum absolute atomic E-state index is 12.6. The van der Waals surface area contributed by atoms with E-state index in [1.165, 1.54) is 0 Å². The highest BCUT2D eigenvalue weighted by atomic mass is 16.6. The summed E-state index contributed by atoms with van der Waals surface area (Å²) in [7, 11) is 0.